The Balaban J connectivity index is 2.41. The number of thiazole rings is 1. The molecule has 0 fully saturated rings. The van der Waals surface area contributed by atoms with Gasteiger partial charge in [0.25, 0.3) is 0 Å². The van der Waals surface area contributed by atoms with Crippen LogP contribution in [0.25, 0.3) is 0 Å². The molecule has 6 heteroatoms. The molecule has 0 saturated carbocycles. The highest BCUT2D eigenvalue weighted by molar-refractivity contribution is 7.07. The highest BCUT2D eigenvalue weighted by Gasteiger charge is 2.18. The number of nitrogens with two attached hydrogens (primary N) is 1. The van der Waals surface area contributed by atoms with Crippen LogP contribution in [0.15, 0.2) is 17.1 Å². The van der Waals surface area contributed by atoms with Gasteiger partial charge in [0.2, 0.25) is 0 Å². The summed E-state index contributed by atoms with van der Waals surface area (Å²) in [6.07, 6.45) is 1.59. The van der Waals surface area contributed by atoms with Crippen molar-refractivity contribution in [2.45, 2.75) is 6.04 Å². The minimum atomic E-state index is -0.304. The third-order valence-corrected chi connectivity index (χ3v) is 2.90. The maximum atomic E-state index is 6.01. The highest BCUT2D eigenvalue weighted by Crippen LogP contribution is 2.25. The molecular formula is C8H9ClN4S. The van der Waals surface area contributed by atoms with E-state index in [0.717, 1.165) is 11.4 Å². The van der Waals surface area contributed by atoms with Gasteiger partial charge in [0.15, 0.2) is 0 Å². The van der Waals surface area contributed by atoms with Crippen LogP contribution in [0.2, 0.25) is 5.02 Å². The fourth-order valence-electron chi connectivity index (χ4n) is 1.29. The first-order valence-electron chi connectivity index (χ1n) is 4.01. The fraction of sp³-hybridized carbons (Fsp3) is 0.250. The number of hydrogen-bond donors (Lipinski definition) is 1. The van der Waals surface area contributed by atoms with E-state index in [9.17, 15) is 0 Å². The van der Waals surface area contributed by atoms with E-state index < -0.39 is 0 Å². The largest absolute Gasteiger partial charge is 0.318 e. The fourth-order valence-corrected chi connectivity index (χ4v) is 2.16. The number of nitrogens with zero attached hydrogens (tertiary/aromatic N) is 3. The zero-order valence-electron chi connectivity index (χ0n) is 7.51. The maximum Gasteiger partial charge on any atom is 0.0920 e. The van der Waals surface area contributed by atoms with Gasteiger partial charge in [-0.2, -0.15) is 5.10 Å². The lowest BCUT2D eigenvalue weighted by Gasteiger charge is -2.09. The Hall–Kier alpha value is -0.910. The lowest BCUT2D eigenvalue weighted by molar-refractivity contribution is 0.666. The highest BCUT2D eigenvalue weighted by atomic mass is 35.5. The third kappa shape index (κ3) is 1.54. The summed E-state index contributed by atoms with van der Waals surface area (Å²) in [5, 5.41) is 6.52. The van der Waals surface area contributed by atoms with Crippen LogP contribution in [-0.4, -0.2) is 14.8 Å². The number of aryl methyl sites for hydroxylation is 1. The van der Waals surface area contributed by atoms with Crippen molar-refractivity contribution in [2.24, 2.45) is 12.8 Å². The van der Waals surface area contributed by atoms with Crippen molar-refractivity contribution in [1.29, 1.82) is 0 Å². The molecule has 0 aromatic carbocycles. The summed E-state index contributed by atoms with van der Waals surface area (Å²) >= 11 is 7.48. The summed E-state index contributed by atoms with van der Waals surface area (Å²) in [6, 6.07) is -0.304. The van der Waals surface area contributed by atoms with Gasteiger partial charge in [-0.1, -0.05) is 11.6 Å². The maximum absolute atomic E-state index is 6.01. The molecule has 74 valence electrons. The van der Waals surface area contributed by atoms with E-state index in [4.69, 9.17) is 17.3 Å². The van der Waals surface area contributed by atoms with E-state index in [1.54, 1.807) is 16.4 Å². The topological polar surface area (TPSA) is 56.7 Å². The van der Waals surface area contributed by atoms with E-state index in [0.29, 0.717) is 5.02 Å². The van der Waals surface area contributed by atoms with Gasteiger partial charge in [0, 0.05) is 12.4 Å². The first-order chi connectivity index (χ1) is 6.70. The molecule has 2 rings (SSSR count). The molecule has 14 heavy (non-hydrogen) atoms. The Morgan fingerprint density at radius 2 is 2.43 bits per heavy atom. The summed E-state index contributed by atoms with van der Waals surface area (Å²) in [7, 11) is 1.81. The standard InChI is InChI=1S/C8H9ClN4S/c1-13-8(5(9)2-12-13)7(10)6-3-14-4-11-6/h2-4,7H,10H2,1H3. The smallest absolute Gasteiger partial charge is 0.0920 e. The second kappa shape index (κ2) is 3.68. The minimum absolute atomic E-state index is 0.304. The lowest BCUT2D eigenvalue weighted by atomic mass is 10.2. The van der Waals surface area contributed by atoms with Crippen LogP contribution in [0.5, 0.6) is 0 Å². The van der Waals surface area contributed by atoms with Gasteiger partial charge in [-0.25, -0.2) is 4.98 Å². The van der Waals surface area contributed by atoms with E-state index in [2.05, 4.69) is 10.1 Å². The summed E-state index contributed by atoms with van der Waals surface area (Å²) < 4.78 is 1.67. The van der Waals surface area contributed by atoms with Gasteiger partial charge in [-0.15, -0.1) is 11.3 Å². The first-order valence-corrected chi connectivity index (χ1v) is 5.33. The van der Waals surface area contributed by atoms with Crippen LogP contribution in [0.3, 0.4) is 0 Å². The quantitative estimate of drug-likeness (QED) is 0.849. The Kier molecular flexibility index (Phi) is 2.54. The Morgan fingerprint density at radius 3 is 2.93 bits per heavy atom. The average Bonchev–Trinajstić information content (AvgIpc) is 2.75. The molecule has 0 aliphatic rings. The molecule has 0 radical (unpaired) electrons. The summed E-state index contributed by atoms with van der Waals surface area (Å²) in [6.45, 7) is 0. The zero-order valence-corrected chi connectivity index (χ0v) is 9.09. The van der Waals surface area contributed by atoms with E-state index >= 15 is 0 Å². The number of hydrogen-bond acceptors (Lipinski definition) is 4. The zero-order chi connectivity index (χ0) is 10.1. The Morgan fingerprint density at radius 1 is 1.64 bits per heavy atom. The predicted molar refractivity (Wildman–Crippen MR) is 56.4 cm³/mol. The molecule has 0 spiro atoms. The average molecular weight is 229 g/mol. The number of halogens is 1. The molecule has 0 bridgehead atoms. The lowest BCUT2D eigenvalue weighted by Crippen LogP contribution is -2.16. The number of rotatable bonds is 2. The van der Waals surface area contributed by atoms with Gasteiger partial charge in [-0.3, -0.25) is 4.68 Å². The molecule has 2 aromatic heterocycles. The number of aromatic nitrogens is 3. The molecule has 0 aliphatic heterocycles. The molecule has 2 heterocycles. The Bertz CT molecular complexity index is 403. The van der Waals surface area contributed by atoms with Crippen molar-refractivity contribution >= 4 is 22.9 Å². The van der Waals surface area contributed by atoms with E-state index in [-0.39, 0.29) is 6.04 Å². The monoisotopic (exact) mass is 228 g/mol. The van der Waals surface area contributed by atoms with Crippen LogP contribution >= 0.6 is 22.9 Å². The predicted octanol–water partition coefficient (Wildman–Crippen LogP) is 1.58. The molecule has 1 unspecified atom stereocenters. The summed E-state index contributed by atoms with van der Waals surface area (Å²) in [4.78, 5) is 4.15. The molecule has 2 aromatic rings. The Labute approximate surface area is 90.3 Å². The molecule has 2 N–H and O–H groups in total. The van der Waals surface area contributed by atoms with Crippen LogP contribution in [0.1, 0.15) is 17.4 Å². The van der Waals surface area contributed by atoms with Crippen molar-refractivity contribution in [2.75, 3.05) is 0 Å². The molecular weight excluding hydrogens is 220 g/mol. The van der Waals surface area contributed by atoms with Crippen LogP contribution < -0.4 is 5.73 Å². The second-order valence-electron chi connectivity index (χ2n) is 2.89. The molecule has 1 atom stereocenters. The van der Waals surface area contributed by atoms with Crippen molar-refractivity contribution < 1.29 is 0 Å². The van der Waals surface area contributed by atoms with Crippen LogP contribution in [-0.2, 0) is 7.05 Å². The van der Waals surface area contributed by atoms with Gasteiger partial charge in [0.05, 0.1) is 34.2 Å². The van der Waals surface area contributed by atoms with Gasteiger partial charge in [0.1, 0.15) is 0 Å². The van der Waals surface area contributed by atoms with Crippen molar-refractivity contribution in [3.05, 3.63) is 33.5 Å². The van der Waals surface area contributed by atoms with E-state index in [1.807, 2.05) is 12.4 Å². The SMILES string of the molecule is Cn1ncc(Cl)c1C(N)c1cscn1. The summed E-state index contributed by atoms with van der Waals surface area (Å²) in [5.74, 6) is 0. The second-order valence-corrected chi connectivity index (χ2v) is 4.02. The van der Waals surface area contributed by atoms with E-state index in [1.165, 1.54) is 11.3 Å². The minimum Gasteiger partial charge on any atom is -0.318 e. The van der Waals surface area contributed by atoms with Gasteiger partial charge < -0.3 is 5.73 Å². The van der Waals surface area contributed by atoms with Crippen LogP contribution in [0.4, 0.5) is 0 Å². The summed E-state index contributed by atoms with van der Waals surface area (Å²) in [5.41, 5.74) is 9.36. The van der Waals surface area contributed by atoms with Crippen molar-refractivity contribution in [3.8, 4) is 0 Å². The molecule has 0 saturated heterocycles. The van der Waals surface area contributed by atoms with Gasteiger partial charge >= 0.3 is 0 Å². The van der Waals surface area contributed by atoms with Crippen molar-refractivity contribution in [1.82, 2.24) is 14.8 Å². The van der Waals surface area contributed by atoms with Crippen molar-refractivity contribution in [3.63, 3.8) is 0 Å². The molecule has 4 nitrogen and oxygen atoms in total. The third-order valence-electron chi connectivity index (χ3n) is 2.00. The normalized spacial score (nSPS) is 13.1. The van der Waals surface area contributed by atoms with Crippen LogP contribution in [0, 0.1) is 0 Å². The first kappa shape index (κ1) is 9.64. The molecule has 0 aliphatic carbocycles. The molecule has 0 amide bonds. The van der Waals surface area contributed by atoms with Gasteiger partial charge in [-0.05, 0) is 0 Å².